The number of carbonyl (C=O) groups is 1. The van der Waals surface area contributed by atoms with Gasteiger partial charge >= 0.3 is 0 Å². The van der Waals surface area contributed by atoms with Gasteiger partial charge in [-0.05, 0) is 52.6 Å². The van der Waals surface area contributed by atoms with E-state index in [1.54, 1.807) is 0 Å². The van der Waals surface area contributed by atoms with E-state index < -0.39 is 0 Å². The van der Waals surface area contributed by atoms with Crippen molar-refractivity contribution < 1.29 is 4.79 Å². The Morgan fingerprint density at radius 1 is 1.33 bits per heavy atom. The summed E-state index contributed by atoms with van der Waals surface area (Å²) in [7, 11) is 4.07. The van der Waals surface area contributed by atoms with Crippen molar-refractivity contribution in [1.82, 2.24) is 15.5 Å². The first-order valence-corrected chi connectivity index (χ1v) is 7.23. The van der Waals surface area contributed by atoms with Gasteiger partial charge in [0.05, 0.1) is 0 Å². The zero-order valence-electron chi connectivity index (χ0n) is 11.9. The van der Waals surface area contributed by atoms with Crippen LogP contribution >= 0.6 is 0 Å². The first-order chi connectivity index (χ1) is 8.52. The maximum absolute atomic E-state index is 12.0. The molecule has 104 valence electrons. The molecular weight excluding hydrogens is 226 g/mol. The summed E-state index contributed by atoms with van der Waals surface area (Å²) in [6, 6.07) is 1.60. The lowest BCUT2D eigenvalue weighted by Gasteiger charge is -2.29. The van der Waals surface area contributed by atoms with Crippen LogP contribution in [0.15, 0.2) is 0 Å². The molecule has 0 aromatic carbocycles. The second-order valence-corrected chi connectivity index (χ2v) is 6.41. The Balaban J connectivity index is 1.71. The van der Waals surface area contributed by atoms with Crippen LogP contribution in [0.3, 0.4) is 0 Å². The minimum Gasteiger partial charge on any atom is -0.352 e. The predicted molar refractivity (Wildman–Crippen MR) is 73.4 cm³/mol. The average Bonchev–Trinajstić information content (AvgIpc) is 2.56. The molecule has 0 radical (unpaired) electrons. The molecule has 0 aromatic rings. The summed E-state index contributed by atoms with van der Waals surface area (Å²) >= 11 is 0. The Morgan fingerprint density at radius 3 is 2.50 bits per heavy atom. The molecule has 0 aromatic heterocycles. The minimum absolute atomic E-state index is 0.232. The summed E-state index contributed by atoms with van der Waals surface area (Å²) in [5.41, 5.74) is 0. The monoisotopic (exact) mass is 253 g/mol. The molecule has 2 aliphatic heterocycles. The van der Waals surface area contributed by atoms with Gasteiger partial charge in [-0.15, -0.1) is 0 Å². The van der Waals surface area contributed by atoms with Gasteiger partial charge in [-0.2, -0.15) is 0 Å². The summed E-state index contributed by atoms with van der Waals surface area (Å²) in [6.07, 6.45) is 5.70. The van der Waals surface area contributed by atoms with Crippen LogP contribution in [-0.2, 0) is 4.79 Å². The third-order valence-corrected chi connectivity index (χ3v) is 4.09. The average molecular weight is 253 g/mol. The van der Waals surface area contributed by atoms with Crippen LogP contribution in [0.1, 0.15) is 39.0 Å². The normalized spacial score (nSPS) is 32.6. The van der Waals surface area contributed by atoms with Crippen molar-refractivity contribution in [2.45, 2.75) is 57.2 Å². The molecule has 18 heavy (non-hydrogen) atoms. The van der Waals surface area contributed by atoms with Gasteiger partial charge in [-0.3, -0.25) is 4.79 Å². The number of hydrogen-bond acceptors (Lipinski definition) is 3. The van der Waals surface area contributed by atoms with Crippen LogP contribution in [0.4, 0.5) is 0 Å². The van der Waals surface area contributed by atoms with Gasteiger partial charge in [0, 0.05) is 31.1 Å². The largest absolute Gasteiger partial charge is 0.352 e. The van der Waals surface area contributed by atoms with Crippen molar-refractivity contribution in [1.29, 1.82) is 0 Å². The summed E-state index contributed by atoms with van der Waals surface area (Å²) in [4.78, 5) is 14.1. The van der Waals surface area contributed by atoms with Gasteiger partial charge in [0.1, 0.15) is 0 Å². The van der Waals surface area contributed by atoms with Gasteiger partial charge in [-0.25, -0.2) is 0 Å². The molecule has 2 heterocycles. The standard InChI is InChI=1S/C14H27N3O/c1-10(9-17(2)3)15-14(18)8-11-6-12-4-5-13(7-11)16-12/h10-13,16H,4-9H2,1-3H3,(H,15,18). The van der Waals surface area contributed by atoms with E-state index in [2.05, 4.69) is 22.5 Å². The fourth-order valence-corrected chi connectivity index (χ4v) is 3.53. The van der Waals surface area contributed by atoms with Gasteiger partial charge in [-0.1, -0.05) is 0 Å². The molecule has 2 fully saturated rings. The molecule has 0 aliphatic carbocycles. The maximum atomic E-state index is 12.0. The second-order valence-electron chi connectivity index (χ2n) is 6.41. The zero-order valence-corrected chi connectivity index (χ0v) is 11.9. The van der Waals surface area contributed by atoms with Crippen molar-refractivity contribution >= 4 is 5.91 Å². The summed E-state index contributed by atoms with van der Waals surface area (Å²) in [6.45, 7) is 2.98. The molecule has 4 nitrogen and oxygen atoms in total. The van der Waals surface area contributed by atoms with E-state index in [0.29, 0.717) is 24.4 Å². The van der Waals surface area contributed by atoms with Crippen LogP contribution < -0.4 is 10.6 Å². The van der Waals surface area contributed by atoms with E-state index in [1.165, 1.54) is 25.7 Å². The van der Waals surface area contributed by atoms with E-state index in [4.69, 9.17) is 0 Å². The quantitative estimate of drug-likeness (QED) is 0.767. The van der Waals surface area contributed by atoms with Crippen LogP contribution in [0, 0.1) is 5.92 Å². The number of nitrogens with zero attached hydrogens (tertiary/aromatic N) is 1. The van der Waals surface area contributed by atoms with E-state index in [1.807, 2.05) is 14.1 Å². The van der Waals surface area contributed by atoms with E-state index in [-0.39, 0.29) is 11.9 Å². The highest BCUT2D eigenvalue weighted by molar-refractivity contribution is 5.76. The third-order valence-electron chi connectivity index (χ3n) is 4.09. The molecule has 3 atom stereocenters. The van der Waals surface area contributed by atoms with Gasteiger partial charge in [0.2, 0.25) is 5.91 Å². The molecule has 4 heteroatoms. The lowest BCUT2D eigenvalue weighted by Crippen LogP contribution is -2.42. The van der Waals surface area contributed by atoms with Crippen molar-refractivity contribution in [2.75, 3.05) is 20.6 Å². The van der Waals surface area contributed by atoms with Crippen molar-refractivity contribution in [3.8, 4) is 0 Å². The Kier molecular flexibility index (Phi) is 4.62. The maximum Gasteiger partial charge on any atom is 0.220 e. The van der Waals surface area contributed by atoms with Crippen LogP contribution in [-0.4, -0.2) is 49.6 Å². The van der Waals surface area contributed by atoms with Crippen molar-refractivity contribution in [3.63, 3.8) is 0 Å². The zero-order chi connectivity index (χ0) is 13.1. The van der Waals surface area contributed by atoms with E-state index >= 15 is 0 Å². The Morgan fingerprint density at radius 2 is 1.94 bits per heavy atom. The number of carbonyl (C=O) groups excluding carboxylic acids is 1. The number of nitrogens with one attached hydrogen (secondary N) is 2. The third kappa shape index (κ3) is 3.95. The van der Waals surface area contributed by atoms with Crippen molar-refractivity contribution in [2.24, 2.45) is 5.92 Å². The Bertz CT molecular complexity index is 281. The van der Waals surface area contributed by atoms with Gasteiger partial charge < -0.3 is 15.5 Å². The lowest BCUT2D eigenvalue weighted by atomic mass is 9.89. The first kappa shape index (κ1) is 13.8. The highest BCUT2D eigenvalue weighted by atomic mass is 16.1. The second kappa shape index (κ2) is 6.02. The number of amides is 1. The summed E-state index contributed by atoms with van der Waals surface area (Å²) in [5, 5.41) is 6.73. The Labute approximate surface area is 110 Å². The molecule has 1 amide bonds. The lowest BCUT2D eigenvalue weighted by molar-refractivity contribution is -0.123. The molecule has 3 unspecified atom stereocenters. The summed E-state index contributed by atoms with van der Waals surface area (Å²) in [5.74, 6) is 0.825. The molecule has 2 aliphatic rings. The number of fused-ring (bicyclic) bond motifs is 2. The molecule has 2 N–H and O–H groups in total. The Hall–Kier alpha value is -0.610. The topological polar surface area (TPSA) is 44.4 Å². The fourth-order valence-electron chi connectivity index (χ4n) is 3.53. The number of rotatable bonds is 5. The van der Waals surface area contributed by atoms with Gasteiger partial charge in [0.25, 0.3) is 0 Å². The van der Waals surface area contributed by atoms with Crippen LogP contribution in [0.25, 0.3) is 0 Å². The molecule has 2 saturated heterocycles. The number of piperidine rings is 1. The molecular formula is C14H27N3O. The minimum atomic E-state index is 0.232. The SMILES string of the molecule is CC(CN(C)C)NC(=O)CC1CC2CCC(C1)N2. The molecule has 2 bridgehead atoms. The predicted octanol–water partition coefficient (Wildman–Crippen LogP) is 0.973. The smallest absolute Gasteiger partial charge is 0.220 e. The molecule has 0 saturated carbocycles. The van der Waals surface area contributed by atoms with Crippen LogP contribution in [0.2, 0.25) is 0 Å². The molecule has 0 spiro atoms. The highest BCUT2D eigenvalue weighted by Crippen LogP contribution is 2.32. The van der Waals surface area contributed by atoms with Crippen LogP contribution in [0.5, 0.6) is 0 Å². The number of hydrogen-bond donors (Lipinski definition) is 2. The number of likely N-dealkylation sites (N-methyl/N-ethyl adjacent to an activating group) is 1. The summed E-state index contributed by atoms with van der Waals surface area (Å²) < 4.78 is 0. The van der Waals surface area contributed by atoms with Gasteiger partial charge in [0.15, 0.2) is 0 Å². The van der Waals surface area contributed by atoms with Crippen molar-refractivity contribution in [3.05, 3.63) is 0 Å². The van der Waals surface area contributed by atoms with E-state index in [9.17, 15) is 4.79 Å². The highest BCUT2D eigenvalue weighted by Gasteiger charge is 2.34. The first-order valence-electron chi connectivity index (χ1n) is 7.23. The van der Waals surface area contributed by atoms with E-state index in [0.717, 1.165) is 6.54 Å². The molecule has 2 rings (SSSR count). The fraction of sp³-hybridized carbons (Fsp3) is 0.929.